The van der Waals surface area contributed by atoms with Crippen molar-refractivity contribution in [2.24, 2.45) is 5.92 Å². The zero-order valence-electron chi connectivity index (χ0n) is 18.2. The van der Waals surface area contributed by atoms with Crippen molar-refractivity contribution in [2.75, 3.05) is 23.3 Å². The molecular formula is C24H30N6O. The molecule has 0 saturated carbocycles. The molecule has 5 rings (SSSR count). The first-order chi connectivity index (χ1) is 15.2. The van der Waals surface area contributed by atoms with Crippen molar-refractivity contribution in [3.8, 4) is 0 Å². The van der Waals surface area contributed by atoms with Gasteiger partial charge in [0.05, 0.1) is 5.92 Å². The van der Waals surface area contributed by atoms with Gasteiger partial charge in [0.15, 0.2) is 17.0 Å². The van der Waals surface area contributed by atoms with Crippen molar-refractivity contribution in [1.82, 2.24) is 19.5 Å². The SMILES string of the molecule is CCc1ccccc1NC(=O)[C@@H]1CCCN(c2ncnc3c2nc2n3CCCCC2)C1. The lowest BCUT2D eigenvalue weighted by Crippen LogP contribution is -2.41. The highest BCUT2D eigenvalue weighted by Gasteiger charge is 2.29. The Hall–Kier alpha value is -2.96. The Morgan fingerprint density at radius 1 is 1.13 bits per heavy atom. The van der Waals surface area contributed by atoms with Crippen LogP contribution in [0.1, 0.15) is 50.4 Å². The lowest BCUT2D eigenvalue weighted by molar-refractivity contribution is -0.120. The van der Waals surface area contributed by atoms with Crippen molar-refractivity contribution >= 4 is 28.6 Å². The van der Waals surface area contributed by atoms with Gasteiger partial charge >= 0.3 is 0 Å². The third-order valence-corrected chi connectivity index (χ3v) is 6.62. The summed E-state index contributed by atoms with van der Waals surface area (Å²) in [4.78, 5) is 29.4. The number of nitrogens with one attached hydrogen (secondary N) is 1. The van der Waals surface area contributed by atoms with Gasteiger partial charge in [-0.25, -0.2) is 15.0 Å². The number of amides is 1. The van der Waals surface area contributed by atoms with Crippen LogP contribution in [-0.4, -0.2) is 38.5 Å². The van der Waals surface area contributed by atoms with Crippen LogP contribution >= 0.6 is 0 Å². The largest absolute Gasteiger partial charge is 0.354 e. The van der Waals surface area contributed by atoms with Crippen LogP contribution in [0, 0.1) is 5.92 Å². The van der Waals surface area contributed by atoms with E-state index in [2.05, 4.69) is 37.7 Å². The number of para-hydroxylation sites is 1. The predicted octanol–water partition coefficient (Wildman–Crippen LogP) is 3.97. The molecular weight excluding hydrogens is 388 g/mol. The summed E-state index contributed by atoms with van der Waals surface area (Å²) in [7, 11) is 0. The number of hydrogen-bond donors (Lipinski definition) is 1. The Balaban J connectivity index is 1.38. The fourth-order valence-corrected chi connectivity index (χ4v) is 4.93. The van der Waals surface area contributed by atoms with E-state index in [9.17, 15) is 4.79 Å². The van der Waals surface area contributed by atoms with Gasteiger partial charge in [-0.05, 0) is 43.7 Å². The average Bonchev–Trinajstić information content (AvgIpc) is 3.00. The number of benzene rings is 1. The van der Waals surface area contributed by atoms with Crippen molar-refractivity contribution in [2.45, 2.75) is 58.4 Å². The Bertz CT molecular complexity index is 1090. The van der Waals surface area contributed by atoms with E-state index in [4.69, 9.17) is 4.98 Å². The van der Waals surface area contributed by atoms with E-state index < -0.39 is 0 Å². The van der Waals surface area contributed by atoms with E-state index >= 15 is 0 Å². The Labute approximate surface area is 182 Å². The smallest absolute Gasteiger partial charge is 0.229 e. The predicted molar refractivity (Wildman–Crippen MR) is 122 cm³/mol. The van der Waals surface area contributed by atoms with Gasteiger partial charge in [-0.2, -0.15) is 0 Å². The van der Waals surface area contributed by atoms with Gasteiger partial charge in [0.1, 0.15) is 12.2 Å². The Morgan fingerprint density at radius 2 is 2.03 bits per heavy atom. The third-order valence-electron chi connectivity index (χ3n) is 6.62. The third kappa shape index (κ3) is 3.89. The number of aryl methyl sites for hydroxylation is 3. The van der Waals surface area contributed by atoms with Crippen molar-refractivity contribution in [3.05, 3.63) is 42.0 Å². The number of aromatic nitrogens is 4. The minimum absolute atomic E-state index is 0.0656. The van der Waals surface area contributed by atoms with E-state index in [-0.39, 0.29) is 11.8 Å². The molecule has 2 aromatic heterocycles. The topological polar surface area (TPSA) is 75.9 Å². The fraction of sp³-hybridized carbons (Fsp3) is 0.500. The van der Waals surface area contributed by atoms with E-state index in [1.54, 1.807) is 6.33 Å². The van der Waals surface area contributed by atoms with Crippen LogP contribution in [0.3, 0.4) is 0 Å². The lowest BCUT2D eigenvalue weighted by Gasteiger charge is -2.33. The molecule has 31 heavy (non-hydrogen) atoms. The molecule has 1 saturated heterocycles. The molecule has 7 nitrogen and oxygen atoms in total. The number of anilines is 2. The lowest BCUT2D eigenvalue weighted by atomic mass is 9.96. The maximum atomic E-state index is 13.1. The normalized spacial score (nSPS) is 19.1. The average molecular weight is 419 g/mol. The molecule has 1 aromatic carbocycles. The molecule has 0 aliphatic carbocycles. The van der Waals surface area contributed by atoms with Crippen LogP contribution in [-0.2, 0) is 24.2 Å². The van der Waals surface area contributed by atoms with Gasteiger partial charge < -0.3 is 14.8 Å². The first kappa shape index (κ1) is 20.0. The summed E-state index contributed by atoms with van der Waals surface area (Å²) in [5, 5.41) is 3.17. The molecule has 162 valence electrons. The van der Waals surface area contributed by atoms with Gasteiger partial charge in [0, 0.05) is 31.7 Å². The number of hydrogen-bond acceptors (Lipinski definition) is 5. The van der Waals surface area contributed by atoms with Crippen molar-refractivity contribution in [3.63, 3.8) is 0 Å². The maximum Gasteiger partial charge on any atom is 0.229 e. The Morgan fingerprint density at radius 3 is 2.94 bits per heavy atom. The molecule has 3 aromatic rings. The minimum Gasteiger partial charge on any atom is -0.354 e. The summed E-state index contributed by atoms with van der Waals surface area (Å²) in [5.41, 5.74) is 3.91. The van der Waals surface area contributed by atoms with Gasteiger partial charge in [-0.15, -0.1) is 0 Å². The van der Waals surface area contributed by atoms with E-state index in [0.29, 0.717) is 6.54 Å². The Kier molecular flexibility index (Phi) is 5.57. The zero-order chi connectivity index (χ0) is 21.2. The molecule has 1 amide bonds. The molecule has 1 atom stereocenters. The standard InChI is InChI=1S/C24H30N6O/c1-2-17-9-5-6-11-19(17)27-24(31)18-10-8-13-29(15-18)22-21-23(26-16-25-22)30-14-7-3-4-12-20(30)28-21/h5-6,9,11,16,18H,2-4,7-8,10,12-15H2,1H3,(H,27,31)/t18-/m1/s1. The summed E-state index contributed by atoms with van der Waals surface area (Å²) in [6.45, 7) is 4.64. The van der Waals surface area contributed by atoms with Crippen LogP contribution < -0.4 is 10.2 Å². The van der Waals surface area contributed by atoms with E-state index in [0.717, 1.165) is 67.3 Å². The molecule has 0 unspecified atom stereocenters. The number of carbonyl (C=O) groups excluding carboxylic acids is 1. The molecule has 0 spiro atoms. The van der Waals surface area contributed by atoms with Gasteiger partial charge in [0.25, 0.3) is 0 Å². The molecule has 1 fully saturated rings. The van der Waals surface area contributed by atoms with Gasteiger partial charge in [0.2, 0.25) is 5.91 Å². The molecule has 7 heteroatoms. The van der Waals surface area contributed by atoms with Gasteiger partial charge in [-0.1, -0.05) is 31.5 Å². The second kappa shape index (κ2) is 8.65. The van der Waals surface area contributed by atoms with Crippen LogP contribution in [0.2, 0.25) is 0 Å². The summed E-state index contributed by atoms with van der Waals surface area (Å²) in [5.74, 6) is 2.02. The first-order valence-electron chi connectivity index (χ1n) is 11.6. The first-order valence-corrected chi connectivity index (χ1v) is 11.6. The van der Waals surface area contributed by atoms with Crippen molar-refractivity contribution in [1.29, 1.82) is 0 Å². The summed E-state index contributed by atoms with van der Waals surface area (Å²) in [6.07, 6.45) is 9.00. The molecule has 1 N–H and O–H groups in total. The molecule has 2 aliphatic rings. The van der Waals surface area contributed by atoms with Crippen molar-refractivity contribution < 1.29 is 4.79 Å². The number of piperidine rings is 1. The van der Waals surface area contributed by atoms with Crippen LogP contribution in [0.25, 0.3) is 11.2 Å². The van der Waals surface area contributed by atoms with Crippen LogP contribution in [0.15, 0.2) is 30.6 Å². The number of nitrogens with zero attached hydrogens (tertiary/aromatic N) is 5. The minimum atomic E-state index is -0.0656. The second-order valence-electron chi connectivity index (χ2n) is 8.64. The number of fused-ring (bicyclic) bond motifs is 3. The number of carbonyl (C=O) groups is 1. The molecule has 4 heterocycles. The summed E-state index contributed by atoms with van der Waals surface area (Å²) >= 11 is 0. The second-order valence-corrected chi connectivity index (χ2v) is 8.64. The summed E-state index contributed by atoms with van der Waals surface area (Å²) < 4.78 is 2.27. The zero-order valence-corrected chi connectivity index (χ0v) is 18.2. The van der Waals surface area contributed by atoms with Crippen LogP contribution in [0.4, 0.5) is 11.5 Å². The number of rotatable bonds is 4. The molecule has 0 bridgehead atoms. The summed E-state index contributed by atoms with van der Waals surface area (Å²) in [6, 6.07) is 8.05. The molecule has 0 radical (unpaired) electrons. The highest BCUT2D eigenvalue weighted by atomic mass is 16.1. The quantitative estimate of drug-likeness (QED) is 0.694. The number of imidazole rings is 1. The monoisotopic (exact) mass is 418 g/mol. The van der Waals surface area contributed by atoms with E-state index in [1.165, 1.54) is 24.8 Å². The van der Waals surface area contributed by atoms with Gasteiger partial charge in [-0.3, -0.25) is 4.79 Å². The fourth-order valence-electron chi connectivity index (χ4n) is 4.93. The maximum absolute atomic E-state index is 13.1. The van der Waals surface area contributed by atoms with E-state index in [1.807, 2.05) is 18.2 Å². The van der Waals surface area contributed by atoms with Crippen LogP contribution in [0.5, 0.6) is 0 Å². The molecule has 2 aliphatic heterocycles. The highest BCUT2D eigenvalue weighted by Crippen LogP contribution is 2.30. The highest BCUT2D eigenvalue weighted by molar-refractivity contribution is 5.94.